The fourth-order valence-corrected chi connectivity index (χ4v) is 2.54. The number of carbonyl (C=O) groups excluding carboxylic acids is 1. The summed E-state index contributed by atoms with van der Waals surface area (Å²) in [5.74, 6) is 2.06. The molecule has 0 radical (unpaired) electrons. The summed E-state index contributed by atoms with van der Waals surface area (Å²) < 4.78 is 0. The first-order valence-electron chi connectivity index (χ1n) is 6.01. The van der Waals surface area contributed by atoms with Gasteiger partial charge in [0.15, 0.2) is 0 Å². The van der Waals surface area contributed by atoms with E-state index in [1.807, 2.05) is 0 Å². The molecule has 4 nitrogen and oxygen atoms in total. The standard InChI is InChI=1S/C11H22N2O2S/c14-6-2-7-16-8-5-13-11(15)9-10-3-1-4-12-10/h10,12,14H,1-9H2,(H,13,15). The van der Waals surface area contributed by atoms with Crippen LogP contribution in [0.3, 0.4) is 0 Å². The first-order valence-corrected chi connectivity index (χ1v) is 7.17. The van der Waals surface area contributed by atoms with E-state index in [0.29, 0.717) is 12.5 Å². The molecule has 0 spiro atoms. The Bertz CT molecular complexity index is 196. The van der Waals surface area contributed by atoms with Crippen LogP contribution in [0.1, 0.15) is 25.7 Å². The molecule has 0 aromatic carbocycles. The van der Waals surface area contributed by atoms with Crippen molar-refractivity contribution in [1.29, 1.82) is 0 Å². The molecule has 5 heteroatoms. The third-order valence-electron chi connectivity index (χ3n) is 2.61. The van der Waals surface area contributed by atoms with Crippen LogP contribution in [0.4, 0.5) is 0 Å². The third kappa shape index (κ3) is 6.35. The molecule has 1 unspecified atom stereocenters. The molecule has 1 fully saturated rings. The molecule has 0 saturated carbocycles. The molecular weight excluding hydrogens is 224 g/mol. The van der Waals surface area contributed by atoms with Crippen LogP contribution < -0.4 is 10.6 Å². The number of hydrogen-bond acceptors (Lipinski definition) is 4. The van der Waals surface area contributed by atoms with E-state index in [-0.39, 0.29) is 12.5 Å². The fourth-order valence-electron chi connectivity index (χ4n) is 1.76. The largest absolute Gasteiger partial charge is 0.396 e. The van der Waals surface area contributed by atoms with Crippen molar-refractivity contribution in [3.8, 4) is 0 Å². The molecule has 1 heterocycles. The zero-order valence-electron chi connectivity index (χ0n) is 9.71. The van der Waals surface area contributed by atoms with Gasteiger partial charge in [-0.25, -0.2) is 0 Å². The number of nitrogens with one attached hydrogen (secondary N) is 2. The highest BCUT2D eigenvalue weighted by molar-refractivity contribution is 7.99. The molecule has 1 amide bonds. The Morgan fingerprint density at radius 1 is 1.50 bits per heavy atom. The van der Waals surface area contributed by atoms with Crippen LogP contribution in [0.2, 0.25) is 0 Å². The van der Waals surface area contributed by atoms with Crippen LogP contribution in [0.5, 0.6) is 0 Å². The summed E-state index contributed by atoms with van der Waals surface area (Å²) in [6.45, 7) is 2.04. The van der Waals surface area contributed by atoms with Gasteiger partial charge in [-0.1, -0.05) is 0 Å². The summed E-state index contributed by atoms with van der Waals surface area (Å²) in [4.78, 5) is 11.5. The smallest absolute Gasteiger partial charge is 0.221 e. The molecule has 1 rings (SSSR count). The first kappa shape index (κ1) is 13.8. The minimum atomic E-state index is 0.155. The van der Waals surface area contributed by atoms with Gasteiger partial charge in [-0.05, 0) is 31.6 Å². The predicted octanol–water partition coefficient (Wildman–Crippen LogP) is 0.360. The van der Waals surface area contributed by atoms with Crippen molar-refractivity contribution in [3.05, 3.63) is 0 Å². The monoisotopic (exact) mass is 246 g/mol. The summed E-state index contributed by atoms with van der Waals surface area (Å²) in [5, 5.41) is 14.8. The van der Waals surface area contributed by atoms with Gasteiger partial charge in [0.1, 0.15) is 0 Å². The maximum atomic E-state index is 11.5. The highest BCUT2D eigenvalue weighted by Crippen LogP contribution is 2.08. The van der Waals surface area contributed by atoms with Gasteiger partial charge in [0.25, 0.3) is 0 Å². The van der Waals surface area contributed by atoms with Crippen molar-refractivity contribution in [2.75, 3.05) is 31.2 Å². The fraction of sp³-hybridized carbons (Fsp3) is 0.909. The topological polar surface area (TPSA) is 61.4 Å². The summed E-state index contributed by atoms with van der Waals surface area (Å²) in [5.41, 5.74) is 0. The second-order valence-electron chi connectivity index (χ2n) is 4.04. The Morgan fingerprint density at radius 3 is 3.06 bits per heavy atom. The summed E-state index contributed by atoms with van der Waals surface area (Å²) >= 11 is 1.77. The van der Waals surface area contributed by atoms with Gasteiger partial charge in [-0.3, -0.25) is 4.79 Å². The number of carbonyl (C=O) groups is 1. The van der Waals surface area contributed by atoms with E-state index in [9.17, 15) is 4.79 Å². The first-order chi connectivity index (χ1) is 7.83. The molecule has 1 aliphatic rings. The number of aliphatic hydroxyl groups excluding tert-OH is 1. The molecule has 1 atom stereocenters. The van der Waals surface area contributed by atoms with Gasteiger partial charge < -0.3 is 15.7 Å². The number of thioether (sulfide) groups is 1. The average molecular weight is 246 g/mol. The van der Waals surface area contributed by atoms with E-state index in [4.69, 9.17) is 5.11 Å². The van der Waals surface area contributed by atoms with Crippen LogP contribution in [-0.4, -0.2) is 48.3 Å². The SMILES string of the molecule is O=C(CC1CCCN1)NCCSCCCO. The van der Waals surface area contributed by atoms with Gasteiger partial charge >= 0.3 is 0 Å². The Balaban J connectivity index is 1.89. The van der Waals surface area contributed by atoms with E-state index in [1.54, 1.807) is 11.8 Å². The Kier molecular flexibility index (Phi) is 7.63. The second kappa shape index (κ2) is 8.84. The van der Waals surface area contributed by atoms with Crippen molar-refractivity contribution >= 4 is 17.7 Å². The maximum Gasteiger partial charge on any atom is 0.221 e. The molecule has 3 N–H and O–H groups in total. The maximum absolute atomic E-state index is 11.5. The highest BCUT2D eigenvalue weighted by Gasteiger charge is 2.16. The lowest BCUT2D eigenvalue weighted by atomic mass is 10.1. The number of rotatable bonds is 8. The zero-order valence-corrected chi connectivity index (χ0v) is 10.5. The van der Waals surface area contributed by atoms with Crippen LogP contribution in [0.25, 0.3) is 0 Å². The molecule has 1 saturated heterocycles. The quantitative estimate of drug-likeness (QED) is 0.541. The zero-order chi connectivity index (χ0) is 11.6. The van der Waals surface area contributed by atoms with E-state index in [0.717, 1.165) is 37.4 Å². The molecule has 0 aliphatic carbocycles. The second-order valence-corrected chi connectivity index (χ2v) is 5.26. The average Bonchev–Trinajstić information content (AvgIpc) is 2.76. The molecule has 16 heavy (non-hydrogen) atoms. The molecule has 0 aromatic rings. The van der Waals surface area contributed by atoms with Crippen molar-refractivity contribution < 1.29 is 9.90 Å². The lowest BCUT2D eigenvalue weighted by Gasteiger charge is -2.10. The summed E-state index contributed by atoms with van der Waals surface area (Å²) in [6.07, 6.45) is 3.76. The molecular formula is C11H22N2O2S. The predicted molar refractivity (Wildman–Crippen MR) is 67.7 cm³/mol. The molecule has 1 aliphatic heterocycles. The highest BCUT2D eigenvalue weighted by atomic mass is 32.2. The van der Waals surface area contributed by atoms with Crippen LogP contribution >= 0.6 is 11.8 Å². The minimum absolute atomic E-state index is 0.155. The Morgan fingerprint density at radius 2 is 2.38 bits per heavy atom. The van der Waals surface area contributed by atoms with Crippen molar-refractivity contribution in [1.82, 2.24) is 10.6 Å². The molecule has 0 aromatic heterocycles. The van der Waals surface area contributed by atoms with E-state index in [2.05, 4.69) is 10.6 Å². The van der Waals surface area contributed by atoms with Gasteiger partial charge in [-0.2, -0.15) is 11.8 Å². The van der Waals surface area contributed by atoms with Gasteiger partial charge in [-0.15, -0.1) is 0 Å². The van der Waals surface area contributed by atoms with Gasteiger partial charge in [0.2, 0.25) is 5.91 Å². The molecule has 94 valence electrons. The Hall–Kier alpha value is -0.260. The number of aliphatic hydroxyl groups is 1. The van der Waals surface area contributed by atoms with Crippen molar-refractivity contribution in [2.45, 2.75) is 31.7 Å². The summed E-state index contributed by atoms with van der Waals surface area (Å²) in [7, 11) is 0. The van der Waals surface area contributed by atoms with E-state index in [1.165, 1.54) is 6.42 Å². The van der Waals surface area contributed by atoms with Crippen LogP contribution in [-0.2, 0) is 4.79 Å². The molecule has 0 bridgehead atoms. The third-order valence-corrected chi connectivity index (χ3v) is 3.68. The van der Waals surface area contributed by atoms with Crippen LogP contribution in [0.15, 0.2) is 0 Å². The minimum Gasteiger partial charge on any atom is -0.396 e. The van der Waals surface area contributed by atoms with Gasteiger partial charge in [0, 0.05) is 31.4 Å². The normalized spacial score (nSPS) is 19.9. The lowest BCUT2D eigenvalue weighted by molar-refractivity contribution is -0.121. The van der Waals surface area contributed by atoms with Crippen molar-refractivity contribution in [3.63, 3.8) is 0 Å². The Labute approximate surface area is 102 Å². The van der Waals surface area contributed by atoms with Crippen LogP contribution in [0, 0.1) is 0 Å². The van der Waals surface area contributed by atoms with Gasteiger partial charge in [0.05, 0.1) is 0 Å². The van der Waals surface area contributed by atoms with E-state index < -0.39 is 0 Å². The summed E-state index contributed by atoms with van der Waals surface area (Å²) in [6, 6.07) is 0.391. The number of amides is 1. The lowest BCUT2D eigenvalue weighted by Crippen LogP contribution is -2.32. The van der Waals surface area contributed by atoms with Crippen molar-refractivity contribution in [2.24, 2.45) is 0 Å². The van der Waals surface area contributed by atoms with E-state index >= 15 is 0 Å². The number of hydrogen-bond donors (Lipinski definition) is 3.